The molecule has 0 aliphatic carbocycles. The van der Waals surface area contributed by atoms with Gasteiger partial charge in [-0.1, -0.05) is 48.0 Å². The minimum atomic E-state index is -0.545. The minimum Gasteiger partial charge on any atom is -0.436 e. The van der Waals surface area contributed by atoms with Crippen molar-refractivity contribution in [1.29, 1.82) is 0 Å². The van der Waals surface area contributed by atoms with Crippen molar-refractivity contribution in [2.45, 2.75) is 6.92 Å². The number of hydrogen-bond acceptors (Lipinski definition) is 4. The highest BCUT2D eigenvalue weighted by Crippen LogP contribution is 2.28. The first-order chi connectivity index (χ1) is 12.6. The molecule has 4 aromatic rings. The molecule has 26 heavy (non-hydrogen) atoms. The summed E-state index contributed by atoms with van der Waals surface area (Å²) in [5.74, 6) is -0.0667. The monoisotopic (exact) mass is 341 g/mol. The Morgan fingerprint density at radius 3 is 2.23 bits per heavy atom. The standard InChI is InChI=1S/C22H15NO3/c1-14-2-4-15(5-3-14)18-10-11-21-19(12-18)23-22(26-21)17-8-6-16(7-9-17)20(25)13-24/h2-13H,1H3. The zero-order valence-corrected chi connectivity index (χ0v) is 14.1. The van der Waals surface area contributed by atoms with Gasteiger partial charge < -0.3 is 4.42 Å². The molecule has 1 aromatic heterocycles. The molecule has 0 spiro atoms. The fourth-order valence-corrected chi connectivity index (χ4v) is 2.82. The van der Waals surface area contributed by atoms with E-state index in [1.54, 1.807) is 24.3 Å². The summed E-state index contributed by atoms with van der Waals surface area (Å²) in [5, 5.41) is 0. The molecule has 0 aliphatic rings. The van der Waals surface area contributed by atoms with Gasteiger partial charge in [0.2, 0.25) is 11.7 Å². The van der Waals surface area contributed by atoms with Gasteiger partial charge in [0.25, 0.3) is 0 Å². The second-order valence-corrected chi connectivity index (χ2v) is 6.13. The van der Waals surface area contributed by atoms with E-state index >= 15 is 0 Å². The first-order valence-electron chi connectivity index (χ1n) is 8.21. The lowest BCUT2D eigenvalue weighted by atomic mass is 10.0. The van der Waals surface area contributed by atoms with Crippen LogP contribution in [0.1, 0.15) is 15.9 Å². The van der Waals surface area contributed by atoms with Gasteiger partial charge in [-0.2, -0.15) is 0 Å². The smallest absolute Gasteiger partial charge is 0.227 e. The van der Waals surface area contributed by atoms with Crippen molar-refractivity contribution in [2.24, 2.45) is 0 Å². The zero-order valence-electron chi connectivity index (χ0n) is 14.1. The Balaban J connectivity index is 1.70. The lowest BCUT2D eigenvalue weighted by Gasteiger charge is -2.01. The van der Waals surface area contributed by atoms with Crippen molar-refractivity contribution in [3.63, 3.8) is 0 Å². The largest absolute Gasteiger partial charge is 0.436 e. The van der Waals surface area contributed by atoms with Gasteiger partial charge in [-0.05, 0) is 42.3 Å². The van der Waals surface area contributed by atoms with Crippen LogP contribution >= 0.6 is 0 Å². The van der Waals surface area contributed by atoms with Crippen LogP contribution in [-0.2, 0) is 4.79 Å². The number of carbonyl (C=O) groups is 2. The lowest BCUT2D eigenvalue weighted by molar-refractivity contribution is -0.104. The SMILES string of the molecule is Cc1ccc(-c2ccc3oc(-c4ccc(C(=O)C=O)cc4)nc3c2)cc1. The summed E-state index contributed by atoms with van der Waals surface area (Å²) < 4.78 is 5.83. The molecule has 0 amide bonds. The molecule has 126 valence electrons. The molecule has 0 saturated carbocycles. The number of Topliss-reactive ketones (excluding diaryl/α,β-unsaturated/α-hetero) is 1. The zero-order chi connectivity index (χ0) is 18.1. The maximum atomic E-state index is 11.4. The van der Waals surface area contributed by atoms with E-state index in [1.807, 2.05) is 18.2 Å². The maximum absolute atomic E-state index is 11.4. The number of benzene rings is 3. The summed E-state index contributed by atoms with van der Waals surface area (Å²) in [7, 11) is 0. The van der Waals surface area contributed by atoms with Gasteiger partial charge in [0.05, 0.1) is 0 Å². The van der Waals surface area contributed by atoms with Gasteiger partial charge in [-0.15, -0.1) is 0 Å². The molecular formula is C22H15NO3. The molecule has 0 N–H and O–H groups in total. The van der Waals surface area contributed by atoms with Gasteiger partial charge in [0.1, 0.15) is 5.52 Å². The number of hydrogen-bond donors (Lipinski definition) is 0. The Morgan fingerprint density at radius 2 is 1.54 bits per heavy atom. The highest BCUT2D eigenvalue weighted by Gasteiger charge is 2.11. The van der Waals surface area contributed by atoms with Crippen molar-refractivity contribution in [2.75, 3.05) is 0 Å². The Bertz CT molecular complexity index is 1110. The molecule has 0 fully saturated rings. The number of ketones is 1. The highest BCUT2D eigenvalue weighted by molar-refractivity contribution is 6.33. The summed E-state index contributed by atoms with van der Waals surface area (Å²) in [6.07, 6.45) is 0.307. The second-order valence-electron chi connectivity index (χ2n) is 6.13. The predicted molar refractivity (Wildman–Crippen MR) is 100 cm³/mol. The van der Waals surface area contributed by atoms with Crippen LogP contribution in [0.25, 0.3) is 33.7 Å². The Kier molecular flexibility index (Phi) is 3.93. The van der Waals surface area contributed by atoms with E-state index in [0.717, 1.165) is 22.2 Å². The van der Waals surface area contributed by atoms with Crippen LogP contribution in [0.4, 0.5) is 0 Å². The molecule has 4 heteroatoms. The third kappa shape index (κ3) is 2.93. The van der Waals surface area contributed by atoms with Gasteiger partial charge >= 0.3 is 0 Å². The molecule has 0 unspecified atom stereocenters. The van der Waals surface area contributed by atoms with Crippen LogP contribution in [0.15, 0.2) is 71.1 Å². The summed E-state index contributed by atoms with van der Waals surface area (Å²) in [5.41, 5.74) is 5.98. The fraction of sp³-hybridized carbons (Fsp3) is 0.0455. The van der Waals surface area contributed by atoms with Crippen molar-refractivity contribution in [3.05, 3.63) is 77.9 Å². The van der Waals surface area contributed by atoms with E-state index in [-0.39, 0.29) is 0 Å². The van der Waals surface area contributed by atoms with Crippen LogP contribution in [0, 0.1) is 6.92 Å². The summed E-state index contributed by atoms with van der Waals surface area (Å²) in [6.45, 7) is 2.06. The van der Waals surface area contributed by atoms with E-state index < -0.39 is 5.78 Å². The number of fused-ring (bicyclic) bond motifs is 1. The molecule has 0 aliphatic heterocycles. The minimum absolute atomic E-state index is 0.307. The predicted octanol–water partition coefficient (Wildman–Crippen LogP) is 4.85. The van der Waals surface area contributed by atoms with Gasteiger partial charge in [-0.25, -0.2) is 4.98 Å². The van der Waals surface area contributed by atoms with Crippen LogP contribution < -0.4 is 0 Å². The summed E-state index contributed by atoms with van der Waals surface area (Å²) >= 11 is 0. The number of aldehydes is 1. The first kappa shape index (κ1) is 16.0. The van der Waals surface area contributed by atoms with E-state index in [2.05, 4.69) is 36.2 Å². The number of oxazole rings is 1. The van der Waals surface area contributed by atoms with E-state index in [0.29, 0.717) is 23.3 Å². The lowest BCUT2D eigenvalue weighted by Crippen LogP contribution is -1.98. The number of aromatic nitrogens is 1. The van der Waals surface area contributed by atoms with Gasteiger partial charge in [-0.3, -0.25) is 9.59 Å². The van der Waals surface area contributed by atoms with Crippen molar-refractivity contribution in [3.8, 4) is 22.6 Å². The molecular weight excluding hydrogens is 326 g/mol. The maximum Gasteiger partial charge on any atom is 0.227 e. The Morgan fingerprint density at radius 1 is 0.885 bits per heavy atom. The molecule has 0 saturated heterocycles. The van der Waals surface area contributed by atoms with Gasteiger partial charge in [0.15, 0.2) is 11.9 Å². The molecule has 4 nitrogen and oxygen atoms in total. The number of aryl methyl sites for hydroxylation is 1. The number of carbonyl (C=O) groups excluding carboxylic acids is 2. The highest BCUT2D eigenvalue weighted by atomic mass is 16.3. The molecule has 4 rings (SSSR count). The first-order valence-corrected chi connectivity index (χ1v) is 8.21. The second kappa shape index (κ2) is 6.41. The molecule has 0 atom stereocenters. The van der Waals surface area contributed by atoms with Gasteiger partial charge in [0, 0.05) is 11.1 Å². The Hall–Kier alpha value is -3.53. The third-order valence-electron chi connectivity index (χ3n) is 4.30. The van der Waals surface area contributed by atoms with Crippen LogP contribution in [0.3, 0.4) is 0 Å². The Labute approximate surface area is 150 Å². The van der Waals surface area contributed by atoms with Crippen LogP contribution in [0.2, 0.25) is 0 Å². The van der Waals surface area contributed by atoms with Crippen LogP contribution in [-0.4, -0.2) is 17.1 Å². The number of nitrogens with zero attached hydrogens (tertiary/aromatic N) is 1. The van der Waals surface area contributed by atoms with E-state index in [4.69, 9.17) is 4.42 Å². The third-order valence-corrected chi connectivity index (χ3v) is 4.30. The van der Waals surface area contributed by atoms with E-state index in [1.165, 1.54) is 5.56 Å². The van der Waals surface area contributed by atoms with Crippen LogP contribution in [0.5, 0.6) is 0 Å². The molecule has 3 aromatic carbocycles. The van der Waals surface area contributed by atoms with Crippen molar-refractivity contribution in [1.82, 2.24) is 4.98 Å². The van der Waals surface area contributed by atoms with E-state index in [9.17, 15) is 9.59 Å². The average Bonchev–Trinajstić information content (AvgIpc) is 3.11. The molecule has 0 radical (unpaired) electrons. The average molecular weight is 341 g/mol. The quantitative estimate of drug-likeness (QED) is 0.302. The summed E-state index contributed by atoms with van der Waals surface area (Å²) in [4.78, 5) is 26.5. The number of rotatable bonds is 4. The normalized spacial score (nSPS) is 10.8. The molecule has 1 heterocycles. The summed E-state index contributed by atoms with van der Waals surface area (Å²) in [6, 6.07) is 20.9. The van der Waals surface area contributed by atoms with Crippen molar-refractivity contribution >= 4 is 23.2 Å². The van der Waals surface area contributed by atoms with Crippen molar-refractivity contribution < 1.29 is 14.0 Å². The fourth-order valence-electron chi connectivity index (χ4n) is 2.82. The molecule has 0 bridgehead atoms. The topological polar surface area (TPSA) is 60.2 Å².